The summed E-state index contributed by atoms with van der Waals surface area (Å²) >= 11 is 0. The van der Waals surface area contributed by atoms with E-state index in [2.05, 4.69) is 26.3 Å². The maximum atomic E-state index is 12.6. The van der Waals surface area contributed by atoms with Gasteiger partial charge < -0.3 is 20.5 Å². The van der Waals surface area contributed by atoms with Crippen molar-refractivity contribution in [3.8, 4) is 0 Å². The molecule has 0 spiro atoms. The Morgan fingerprint density at radius 3 is 2.52 bits per heavy atom. The number of hydrogen-bond donors (Lipinski definition) is 4. The van der Waals surface area contributed by atoms with Gasteiger partial charge in [0.2, 0.25) is 5.91 Å². The second-order valence-electron chi connectivity index (χ2n) is 6.79. The van der Waals surface area contributed by atoms with Crippen LogP contribution < -0.4 is 26.8 Å². The van der Waals surface area contributed by atoms with Gasteiger partial charge in [-0.3, -0.25) is 14.9 Å². The minimum atomic E-state index is -0.364. The number of pyridine rings is 2. The van der Waals surface area contributed by atoms with E-state index in [1.54, 1.807) is 25.4 Å². The Morgan fingerprint density at radius 1 is 1.03 bits per heavy atom. The number of aryl methyl sites for hydroxylation is 1. The van der Waals surface area contributed by atoms with Gasteiger partial charge in [-0.05, 0) is 25.1 Å². The van der Waals surface area contributed by atoms with E-state index in [0.717, 1.165) is 5.69 Å². The minimum Gasteiger partial charge on any atom is -0.355 e. The third kappa shape index (κ3) is 6.17. The summed E-state index contributed by atoms with van der Waals surface area (Å²) < 4.78 is 1.42. The monoisotopic (exact) mass is 420 g/mol. The molecule has 0 aliphatic rings. The second kappa shape index (κ2) is 10.1. The topological polar surface area (TPSA) is 117 Å². The van der Waals surface area contributed by atoms with Crippen molar-refractivity contribution in [1.82, 2.24) is 14.9 Å². The van der Waals surface area contributed by atoms with Gasteiger partial charge in [-0.1, -0.05) is 18.2 Å². The normalized spacial score (nSPS) is 10.3. The molecule has 2 aromatic heterocycles. The van der Waals surface area contributed by atoms with Crippen LogP contribution in [0.15, 0.2) is 65.7 Å². The predicted octanol–water partition coefficient (Wildman–Crippen LogP) is 2.85. The molecular weight excluding hydrogens is 396 g/mol. The number of nitrogens with one attached hydrogen (secondary N) is 4. The average Bonchev–Trinajstić information content (AvgIpc) is 2.73. The number of carbonyl (C=O) groups excluding carboxylic acids is 2. The molecule has 160 valence electrons. The molecule has 0 saturated carbocycles. The standard InChI is InChI=1S/C22H24N6O3/c1-3-23-22(31)27-19-13-18(25-16-7-5-4-6-8-16)15(14-24-19)11-20(29)26-17-9-10-28(2)21(30)12-17/h4-10,12-14H,3,11H2,1-2H3,(H,26,29)(H3,23,24,25,27,31). The number of amides is 3. The summed E-state index contributed by atoms with van der Waals surface area (Å²) in [5.74, 6) is 0.0516. The van der Waals surface area contributed by atoms with Crippen LogP contribution in [0.5, 0.6) is 0 Å². The molecule has 4 N–H and O–H groups in total. The zero-order valence-electron chi connectivity index (χ0n) is 17.3. The Balaban J connectivity index is 1.81. The van der Waals surface area contributed by atoms with E-state index >= 15 is 0 Å². The molecule has 1 aromatic carbocycles. The molecule has 3 rings (SSSR count). The molecule has 0 saturated heterocycles. The van der Waals surface area contributed by atoms with Gasteiger partial charge in [-0.15, -0.1) is 0 Å². The first-order chi connectivity index (χ1) is 14.9. The first-order valence-electron chi connectivity index (χ1n) is 9.77. The van der Waals surface area contributed by atoms with E-state index in [1.807, 2.05) is 37.3 Å². The molecule has 0 atom stereocenters. The zero-order chi connectivity index (χ0) is 22.2. The van der Waals surface area contributed by atoms with Gasteiger partial charge in [0.15, 0.2) is 0 Å². The van der Waals surface area contributed by atoms with E-state index in [4.69, 9.17) is 0 Å². The first kappa shape index (κ1) is 21.6. The van der Waals surface area contributed by atoms with E-state index in [1.165, 1.54) is 16.8 Å². The van der Waals surface area contributed by atoms with Crippen LogP contribution in [0.2, 0.25) is 0 Å². The third-order valence-electron chi connectivity index (χ3n) is 4.36. The lowest BCUT2D eigenvalue weighted by Crippen LogP contribution is -2.28. The molecule has 9 heteroatoms. The molecule has 0 radical (unpaired) electrons. The fraction of sp³-hybridized carbons (Fsp3) is 0.182. The van der Waals surface area contributed by atoms with E-state index in [0.29, 0.717) is 29.3 Å². The van der Waals surface area contributed by atoms with Crippen LogP contribution >= 0.6 is 0 Å². The minimum absolute atomic E-state index is 0.0266. The summed E-state index contributed by atoms with van der Waals surface area (Å²) in [6.45, 7) is 2.31. The highest BCUT2D eigenvalue weighted by molar-refractivity contribution is 5.93. The molecule has 31 heavy (non-hydrogen) atoms. The van der Waals surface area contributed by atoms with Crippen molar-refractivity contribution in [3.63, 3.8) is 0 Å². The van der Waals surface area contributed by atoms with Gasteiger partial charge in [0, 0.05) is 60.7 Å². The predicted molar refractivity (Wildman–Crippen MR) is 121 cm³/mol. The number of benzene rings is 1. The molecule has 0 fully saturated rings. The van der Waals surface area contributed by atoms with Crippen LogP contribution in [-0.4, -0.2) is 28.0 Å². The maximum Gasteiger partial charge on any atom is 0.320 e. The number of hydrogen-bond acceptors (Lipinski definition) is 5. The molecule has 3 amide bonds. The van der Waals surface area contributed by atoms with Gasteiger partial charge in [0.05, 0.1) is 6.42 Å². The summed E-state index contributed by atoms with van der Waals surface area (Å²) in [6, 6.07) is 13.8. The van der Waals surface area contributed by atoms with Crippen LogP contribution in [0.25, 0.3) is 0 Å². The zero-order valence-corrected chi connectivity index (χ0v) is 17.3. The number of carbonyl (C=O) groups is 2. The van der Waals surface area contributed by atoms with Crippen LogP contribution in [0.1, 0.15) is 12.5 Å². The molecule has 0 unspecified atom stereocenters. The maximum absolute atomic E-state index is 12.6. The summed E-state index contributed by atoms with van der Waals surface area (Å²) in [6.07, 6.45) is 3.15. The Labute approximate surface area is 179 Å². The third-order valence-corrected chi connectivity index (χ3v) is 4.36. The van der Waals surface area contributed by atoms with Crippen LogP contribution in [0.4, 0.5) is 27.7 Å². The van der Waals surface area contributed by atoms with Gasteiger partial charge in [0.25, 0.3) is 5.56 Å². The highest BCUT2D eigenvalue weighted by Crippen LogP contribution is 2.24. The number of para-hydroxylation sites is 1. The van der Waals surface area contributed by atoms with Crippen molar-refractivity contribution in [1.29, 1.82) is 0 Å². The Kier molecular flexibility index (Phi) is 7.00. The Bertz CT molecular complexity index is 1130. The molecule has 2 heterocycles. The van der Waals surface area contributed by atoms with Gasteiger partial charge >= 0.3 is 6.03 Å². The summed E-state index contributed by atoms with van der Waals surface area (Å²) in [7, 11) is 1.64. The van der Waals surface area contributed by atoms with Gasteiger partial charge in [-0.2, -0.15) is 0 Å². The van der Waals surface area contributed by atoms with E-state index in [-0.39, 0.29) is 23.9 Å². The SMILES string of the molecule is CCNC(=O)Nc1cc(Nc2ccccc2)c(CC(=O)Nc2ccn(C)c(=O)c2)cn1. The molecule has 9 nitrogen and oxygen atoms in total. The molecule has 0 bridgehead atoms. The average molecular weight is 420 g/mol. The number of urea groups is 1. The number of anilines is 4. The number of rotatable bonds is 7. The van der Waals surface area contributed by atoms with Crippen LogP contribution in [-0.2, 0) is 18.3 Å². The van der Waals surface area contributed by atoms with Crippen molar-refractivity contribution < 1.29 is 9.59 Å². The van der Waals surface area contributed by atoms with E-state index in [9.17, 15) is 14.4 Å². The summed E-state index contributed by atoms with van der Waals surface area (Å²) in [5.41, 5.74) is 2.30. The van der Waals surface area contributed by atoms with Crippen molar-refractivity contribution in [3.05, 3.63) is 76.8 Å². The fourth-order valence-electron chi connectivity index (χ4n) is 2.81. The van der Waals surface area contributed by atoms with Crippen LogP contribution in [0.3, 0.4) is 0 Å². The lowest BCUT2D eigenvalue weighted by atomic mass is 10.1. The van der Waals surface area contributed by atoms with E-state index < -0.39 is 0 Å². The van der Waals surface area contributed by atoms with Crippen molar-refractivity contribution in [2.45, 2.75) is 13.3 Å². The summed E-state index contributed by atoms with van der Waals surface area (Å²) in [5, 5.41) is 11.3. The van der Waals surface area contributed by atoms with Crippen molar-refractivity contribution in [2.75, 3.05) is 22.5 Å². The van der Waals surface area contributed by atoms with Crippen molar-refractivity contribution in [2.24, 2.45) is 7.05 Å². The number of nitrogens with zero attached hydrogens (tertiary/aromatic N) is 2. The molecule has 3 aromatic rings. The van der Waals surface area contributed by atoms with Gasteiger partial charge in [0.1, 0.15) is 5.82 Å². The fourth-order valence-corrected chi connectivity index (χ4v) is 2.81. The summed E-state index contributed by atoms with van der Waals surface area (Å²) in [4.78, 5) is 40.4. The lowest BCUT2D eigenvalue weighted by Gasteiger charge is -2.14. The molecular formula is C22H24N6O3. The number of aromatic nitrogens is 2. The highest BCUT2D eigenvalue weighted by atomic mass is 16.2. The first-order valence-corrected chi connectivity index (χ1v) is 9.77. The lowest BCUT2D eigenvalue weighted by molar-refractivity contribution is -0.115. The highest BCUT2D eigenvalue weighted by Gasteiger charge is 2.12. The molecule has 0 aliphatic heterocycles. The van der Waals surface area contributed by atoms with Gasteiger partial charge in [-0.25, -0.2) is 9.78 Å². The largest absolute Gasteiger partial charge is 0.355 e. The Morgan fingerprint density at radius 2 is 1.81 bits per heavy atom. The van der Waals surface area contributed by atoms with Crippen LogP contribution in [0, 0.1) is 0 Å². The van der Waals surface area contributed by atoms with Crippen molar-refractivity contribution >= 4 is 34.8 Å². The Hall–Kier alpha value is -4.14. The molecule has 0 aliphatic carbocycles. The smallest absolute Gasteiger partial charge is 0.320 e. The quantitative estimate of drug-likeness (QED) is 0.469. The second-order valence-corrected chi connectivity index (χ2v) is 6.79.